The van der Waals surface area contributed by atoms with E-state index in [1.165, 1.54) is 0 Å². The van der Waals surface area contributed by atoms with Gasteiger partial charge < -0.3 is 23.7 Å². The number of ether oxygens (including phenoxy) is 5. The molecule has 0 spiro atoms. The Balaban J connectivity index is 0.000000471. The Labute approximate surface area is 183 Å². The van der Waals surface area contributed by atoms with Gasteiger partial charge in [0.2, 0.25) is 0 Å². The van der Waals surface area contributed by atoms with Crippen molar-refractivity contribution in [1.29, 1.82) is 0 Å². The first-order chi connectivity index (χ1) is 15.0. The molecule has 2 heterocycles. The molecule has 0 saturated carbocycles. The standard InChI is InChI=1S/C10H14O5.2C6H10O2/c1-3-9(11)14-7-5-13-6-8-15-10(12)4-2;2*7-6-4-2-1-3-5-8-6/h3-4H,1-2,5-8H2;2*1-5H2. The van der Waals surface area contributed by atoms with E-state index in [9.17, 15) is 19.2 Å². The average Bonchev–Trinajstić information content (AvgIpc) is 3.17. The summed E-state index contributed by atoms with van der Waals surface area (Å²) in [6.07, 6.45) is 9.81. The maximum absolute atomic E-state index is 10.6. The molecule has 0 radical (unpaired) electrons. The Bertz CT molecular complexity index is 489. The van der Waals surface area contributed by atoms with Crippen molar-refractivity contribution >= 4 is 23.9 Å². The van der Waals surface area contributed by atoms with Crippen molar-refractivity contribution in [2.45, 2.75) is 51.4 Å². The molecule has 176 valence electrons. The van der Waals surface area contributed by atoms with Gasteiger partial charge in [-0.15, -0.1) is 0 Å². The maximum Gasteiger partial charge on any atom is 0.330 e. The summed E-state index contributed by atoms with van der Waals surface area (Å²) >= 11 is 0. The first-order valence-corrected chi connectivity index (χ1v) is 10.5. The van der Waals surface area contributed by atoms with Crippen molar-refractivity contribution in [1.82, 2.24) is 0 Å². The summed E-state index contributed by atoms with van der Waals surface area (Å²) in [4.78, 5) is 42.0. The van der Waals surface area contributed by atoms with E-state index in [1.807, 2.05) is 0 Å². The van der Waals surface area contributed by atoms with Gasteiger partial charge in [0.25, 0.3) is 0 Å². The molecule has 0 unspecified atom stereocenters. The molecule has 0 aromatic carbocycles. The summed E-state index contributed by atoms with van der Waals surface area (Å²) in [7, 11) is 0. The number of carbonyl (C=O) groups is 4. The van der Waals surface area contributed by atoms with E-state index in [2.05, 4.69) is 22.6 Å². The molecule has 0 N–H and O–H groups in total. The first kappa shape index (κ1) is 28.3. The van der Waals surface area contributed by atoms with E-state index < -0.39 is 11.9 Å². The molecule has 2 rings (SSSR count). The number of rotatable bonds is 8. The highest BCUT2D eigenvalue weighted by Gasteiger charge is 2.06. The zero-order valence-corrected chi connectivity index (χ0v) is 18.1. The number of hydrogen-bond acceptors (Lipinski definition) is 9. The second-order valence-electron chi connectivity index (χ2n) is 6.42. The van der Waals surface area contributed by atoms with Crippen LogP contribution in [0.15, 0.2) is 25.3 Å². The summed E-state index contributed by atoms with van der Waals surface area (Å²) in [6.45, 7) is 8.56. The maximum atomic E-state index is 10.6. The summed E-state index contributed by atoms with van der Waals surface area (Å²) < 4.78 is 23.8. The molecular formula is C22H34O9. The van der Waals surface area contributed by atoms with Crippen molar-refractivity contribution in [3.8, 4) is 0 Å². The van der Waals surface area contributed by atoms with Gasteiger partial charge in [-0.05, 0) is 38.5 Å². The van der Waals surface area contributed by atoms with Gasteiger partial charge in [-0.2, -0.15) is 0 Å². The molecule has 0 atom stereocenters. The number of cyclic esters (lactones) is 2. The van der Waals surface area contributed by atoms with Crippen LogP contribution in [0, 0.1) is 0 Å². The minimum Gasteiger partial charge on any atom is -0.466 e. The third-order valence-electron chi connectivity index (χ3n) is 3.85. The largest absolute Gasteiger partial charge is 0.466 e. The quantitative estimate of drug-likeness (QED) is 0.242. The van der Waals surface area contributed by atoms with Gasteiger partial charge >= 0.3 is 23.9 Å². The predicted octanol–water partition coefficient (Wildman–Crippen LogP) is 2.67. The number of esters is 4. The van der Waals surface area contributed by atoms with Crippen LogP contribution >= 0.6 is 0 Å². The fourth-order valence-corrected chi connectivity index (χ4v) is 2.23. The summed E-state index contributed by atoms with van der Waals surface area (Å²) in [5.41, 5.74) is 0. The van der Waals surface area contributed by atoms with E-state index >= 15 is 0 Å². The van der Waals surface area contributed by atoms with Gasteiger partial charge in [0.05, 0.1) is 26.4 Å². The molecule has 2 aliphatic rings. The fourth-order valence-electron chi connectivity index (χ4n) is 2.23. The van der Waals surface area contributed by atoms with Crippen LogP contribution in [0.3, 0.4) is 0 Å². The average molecular weight is 443 g/mol. The van der Waals surface area contributed by atoms with Gasteiger partial charge in [-0.3, -0.25) is 9.59 Å². The van der Waals surface area contributed by atoms with E-state index in [4.69, 9.17) is 14.2 Å². The van der Waals surface area contributed by atoms with Crippen LogP contribution in [0.25, 0.3) is 0 Å². The summed E-state index contributed by atoms with van der Waals surface area (Å²) in [5, 5.41) is 0. The van der Waals surface area contributed by atoms with Gasteiger partial charge in [0.15, 0.2) is 0 Å². The van der Waals surface area contributed by atoms with Crippen LogP contribution in [0.4, 0.5) is 0 Å². The molecule has 2 aliphatic heterocycles. The Kier molecular flexibility index (Phi) is 18.8. The van der Waals surface area contributed by atoms with Crippen molar-refractivity contribution in [3.05, 3.63) is 25.3 Å². The molecule has 0 bridgehead atoms. The molecule has 2 fully saturated rings. The highest BCUT2D eigenvalue weighted by molar-refractivity contribution is 5.81. The van der Waals surface area contributed by atoms with E-state index in [0.29, 0.717) is 26.1 Å². The van der Waals surface area contributed by atoms with Crippen LogP contribution in [0.2, 0.25) is 0 Å². The van der Waals surface area contributed by atoms with Gasteiger partial charge in [-0.25, -0.2) is 9.59 Å². The molecule has 0 aromatic heterocycles. The molecule has 31 heavy (non-hydrogen) atoms. The molecule has 0 amide bonds. The third-order valence-corrected chi connectivity index (χ3v) is 3.85. The Morgan fingerprint density at radius 1 is 0.710 bits per heavy atom. The Hall–Kier alpha value is -2.68. The SMILES string of the molecule is C=CC(=O)OCCOCCOC(=O)C=C.O=C1CCCCCO1.O=C1CCCCCO1. The van der Waals surface area contributed by atoms with Crippen LogP contribution in [-0.2, 0) is 42.9 Å². The second kappa shape index (κ2) is 20.6. The van der Waals surface area contributed by atoms with Crippen LogP contribution in [-0.4, -0.2) is 63.5 Å². The van der Waals surface area contributed by atoms with Crippen molar-refractivity contribution in [2.75, 3.05) is 39.6 Å². The minimum atomic E-state index is -0.489. The van der Waals surface area contributed by atoms with E-state index in [0.717, 1.165) is 50.7 Å². The Morgan fingerprint density at radius 3 is 1.52 bits per heavy atom. The lowest BCUT2D eigenvalue weighted by Gasteiger charge is -2.04. The molecule has 9 nitrogen and oxygen atoms in total. The van der Waals surface area contributed by atoms with Crippen molar-refractivity contribution < 1.29 is 42.9 Å². The first-order valence-electron chi connectivity index (χ1n) is 10.5. The van der Waals surface area contributed by atoms with E-state index in [-0.39, 0.29) is 38.4 Å². The molecule has 0 aliphatic carbocycles. The van der Waals surface area contributed by atoms with Gasteiger partial charge in [-0.1, -0.05) is 13.2 Å². The number of hydrogen-bond donors (Lipinski definition) is 0. The van der Waals surface area contributed by atoms with Crippen molar-refractivity contribution in [2.24, 2.45) is 0 Å². The fraction of sp³-hybridized carbons (Fsp3) is 0.636. The van der Waals surface area contributed by atoms with Gasteiger partial charge in [0.1, 0.15) is 13.2 Å². The molecule has 0 aromatic rings. The Morgan fingerprint density at radius 2 is 1.13 bits per heavy atom. The summed E-state index contributed by atoms with van der Waals surface area (Å²) in [5.74, 6) is -1.03. The van der Waals surface area contributed by atoms with Crippen LogP contribution < -0.4 is 0 Å². The lowest BCUT2D eigenvalue weighted by atomic mass is 10.2. The second-order valence-corrected chi connectivity index (χ2v) is 6.42. The lowest BCUT2D eigenvalue weighted by Crippen LogP contribution is -2.12. The normalized spacial score (nSPS) is 15.6. The highest BCUT2D eigenvalue weighted by Crippen LogP contribution is 2.07. The molecular weight excluding hydrogens is 408 g/mol. The minimum absolute atomic E-state index is 0.0255. The summed E-state index contributed by atoms with van der Waals surface area (Å²) in [6, 6.07) is 0. The van der Waals surface area contributed by atoms with Crippen molar-refractivity contribution in [3.63, 3.8) is 0 Å². The van der Waals surface area contributed by atoms with Crippen LogP contribution in [0.1, 0.15) is 51.4 Å². The predicted molar refractivity (Wildman–Crippen MR) is 112 cm³/mol. The smallest absolute Gasteiger partial charge is 0.330 e. The monoisotopic (exact) mass is 442 g/mol. The number of carbonyl (C=O) groups excluding carboxylic acids is 4. The molecule has 9 heteroatoms. The van der Waals surface area contributed by atoms with Gasteiger partial charge in [0, 0.05) is 25.0 Å². The zero-order valence-electron chi connectivity index (χ0n) is 18.1. The lowest BCUT2D eigenvalue weighted by molar-refractivity contribution is -0.143. The van der Waals surface area contributed by atoms with E-state index in [1.54, 1.807) is 0 Å². The zero-order chi connectivity index (χ0) is 23.2. The molecule has 2 saturated heterocycles. The highest BCUT2D eigenvalue weighted by atomic mass is 16.6. The third kappa shape index (κ3) is 20.4. The topological polar surface area (TPSA) is 114 Å². The van der Waals surface area contributed by atoms with Crippen LogP contribution in [0.5, 0.6) is 0 Å².